The fourth-order valence-corrected chi connectivity index (χ4v) is 8.36. The van der Waals surface area contributed by atoms with E-state index in [0.717, 1.165) is 25.2 Å². The molecule has 0 bridgehead atoms. The first-order chi connectivity index (χ1) is 18.3. The van der Waals surface area contributed by atoms with Gasteiger partial charge in [0.2, 0.25) is 21.8 Å². The van der Waals surface area contributed by atoms with Crippen LogP contribution in [-0.2, 0) is 32.6 Å². The SMILES string of the molecule is CCC(=O)N1CCc2cc(Br)c(S(=O)(=O)N3CCC[C@@H](C(=O)N4CCN(Cc5ccccc5)CC4)C3)cc21. The number of hydrogen-bond donors (Lipinski definition) is 0. The Labute approximate surface area is 233 Å². The van der Waals surface area contributed by atoms with Crippen LogP contribution in [0.3, 0.4) is 0 Å². The maximum Gasteiger partial charge on any atom is 0.244 e. The van der Waals surface area contributed by atoms with Crippen LogP contribution in [0.25, 0.3) is 0 Å². The predicted molar refractivity (Wildman–Crippen MR) is 150 cm³/mol. The first-order valence-electron chi connectivity index (χ1n) is 13.5. The van der Waals surface area contributed by atoms with Crippen molar-refractivity contribution in [3.63, 3.8) is 0 Å². The second-order valence-electron chi connectivity index (χ2n) is 10.3. The zero-order valence-electron chi connectivity index (χ0n) is 21.8. The Morgan fingerprint density at radius 2 is 1.74 bits per heavy atom. The van der Waals surface area contributed by atoms with Crippen LogP contribution >= 0.6 is 15.9 Å². The highest BCUT2D eigenvalue weighted by Crippen LogP contribution is 2.37. The summed E-state index contributed by atoms with van der Waals surface area (Å²) >= 11 is 3.47. The fraction of sp³-hybridized carbons (Fsp3) is 0.500. The smallest absolute Gasteiger partial charge is 0.244 e. The molecule has 0 aromatic heterocycles. The zero-order valence-corrected chi connectivity index (χ0v) is 24.2. The van der Waals surface area contributed by atoms with Crippen molar-refractivity contribution in [1.29, 1.82) is 0 Å². The van der Waals surface area contributed by atoms with Crippen LogP contribution < -0.4 is 4.90 Å². The molecule has 3 heterocycles. The third kappa shape index (κ3) is 5.54. The number of hydrogen-bond acceptors (Lipinski definition) is 5. The number of fused-ring (bicyclic) bond motifs is 1. The highest BCUT2D eigenvalue weighted by atomic mass is 79.9. The summed E-state index contributed by atoms with van der Waals surface area (Å²) in [6.07, 6.45) is 2.42. The van der Waals surface area contributed by atoms with Crippen molar-refractivity contribution in [2.24, 2.45) is 5.92 Å². The van der Waals surface area contributed by atoms with Crippen LogP contribution in [0.5, 0.6) is 0 Å². The van der Waals surface area contributed by atoms with Gasteiger partial charge in [0.15, 0.2) is 0 Å². The lowest BCUT2D eigenvalue weighted by atomic mass is 9.97. The van der Waals surface area contributed by atoms with Gasteiger partial charge in [-0.15, -0.1) is 0 Å². The molecule has 0 spiro atoms. The number of halogens is 1. The molecule has 0 N–H and O–H groups in total. The van der Waals surface area contributed by atoms with Crippen LogP contribution in [0.2, 0.25) is 0 Å². The first-order valence-corrected chi connectivity index (χ1v) is 15.7. The molecule has 2 aromatic carbocycles. The number of rotatable bonds is 6. The minimum atomic E-state index is -3.84. The van der Waals surface area contributed by atoms with Crippen LogP contribution in [-0.4, -0.2) is 80.2 Å². The van der Waals surface area contributed by atoms with Gasteiger partial charge >= 0.3 is 0 Å². The van der Waals surface area contributed by atoms with E-state index in [9.17, 15) is 18.0 Å². The molecule has 2 aromatic rings. The molecule has 2 amide bonds. The van der Waals surface area contributed by atoms with Gasteiger partial charge in [-0.2, -0.15) is 4.31 Å². The summed E-state index contributed by atoms with van der Waals surface area (Å²) < 4.78 is 29.5. The van der Waals surface area contributed by atoms with E-state index in [4.69, 9.17) is 0 Å². The number of nitrogens with zero attached hydrogens (tertiary/aromatic N) is 4. The maximum atomic E-state index is 13.8. The predicted octanol–water partition coefficient (Wildman–Crippen LogP) is 3.49. The summed E-state index contributed by atoms with van der Waals surface area (Å²) in [5, 5.41) is 0. The quantitative estimate of drug-likeness (QED) is 0.505. The van der Waals surface area contributed by atoms with E-state index in [1.54, 1.807) is 11.0 Å². The lowest BCUT2D eigenvalue weighted by Crippen LogP contribution is -2.52. The summed E-state index contributed by atoms with van der Waals surface area (Å²) in [5.74, 6) is -0.301. The van der Waals surface area contributed by atoms with Gasteiger partial charge in [0.05, 0.1) is 10.8 Å². The van der Waals surface area contributed by atoms with Gasteiger partial charge < -0.3 is 9.80 Å². The Morgan fingerprint density at radius 1 is 1.00 bits per heavy atom. The number of sulfonamides is 1. The molecule has 0 saturated carbocycles. The van der Waals surface area contributed by atoms with Crippen molar-refractivity contribution in [2.75, 3.05) is 50.7 Å². The van der Waals surface area contributed by atoms with E-state index in [2.05, 4.69) is 33.0 Å². The molecule has 3 aliphatic rings. The summed E-state index contributed by atoms with van der Waals surface area (Å²) in [4.78, 5) is 31.9. The second kappa shape index (κ2) is 11.5. The highest BCUT2D eigenvalue weighted by Gasteiger charge is 2.37. The van der Waals surface area contributed by atoms with Crippen LogP contribution in [0.1, 0.15) is 37.3 Å². The van der Waals surface area contributed by atoms with Crippen molar-refractivity contribution in [1.82, 2.24) is 14.1 Å². The number of piperidine rings is 1. The molecular formula is C28H35BrN4O4S. The second-order valence-corrected chi connectivity index (χ2v) is 13.1. The molecule has 10 heteroatoms. The molecule has 2 fully saturated rings. The third-order valence-corrected chi connectivity index (χ3v) is 10.7. The molecule has 3 aliphatic heterocycles. The average Bonchev–Trinajstić information content (AvgIpc) is 3.35. The van der Waals surface area contributed by atoms with Crippen LogP contribution in [0, 0.1) is 5.92 Å². The van der Waals surface area contributed by atoms with Crippen molar-refractivity contribution in [3.05, 3.63) is 58.1 Å². The molecule has 5 rings (SSSR count). The Balaban J connectivity index is 1.25. The Kier molecular flexibility index (Phi) is 8.23. The number of amides is 2. The zero-order chi connectivity index (χ0) is 26.9. The monoisotopic (exact) mass is 602 g/mol. The average molecular weight is 604 g/mol. The van der Waals surface area contributed by atoms with Gasteiger partial charge in [0, 0.05) is 68.9 Å². The van der Waals surface area contributed by atoms with Crippen molar-refractivity contribution in [2.45, 2.75) is 44.0 Å². The van der Waals surface area contributed by atoms with Gasteiger partial charge in [-0.3, -0.25) is 14.5 Å². The summed E-state index contributed by atoms with van der Waals surface area (Å²) in [6.45, 7) is 6.76. The lowest BCUT2D eigenvalue weighted by molar-refractivity contribution is -0.138. The van der Waals surface area contributed by atoms with E-state index in [1.807, 2.05) is 36.1 Å². The maximum absolute atomic E-state index is 13.8. The molecule has 204 valence electrons. The first kappa shape index (κ1) is 27.3. The summed E-state index contributed by atoms with van der Waals surface area (Å²) in [6, 6.07) is 13.8. The molecule has 2 saturated heterocycles. The molecule has 0 unspecified atom stereocenters. The van der Waals surface area contributed by atoms with Crippen molar-refractivity contribution >= 4 is 43.5 Å². The van der Waals surface area contributed by atoms with Gasteiger partial charge in [-0.05, 0) is 58.5 Å². The molecular weight excluding hydrogens is 568 g/mol. The van der Waals surface area contributed by atoms with Crippen molar-refractivity contribution < 1.29 is 18.0 Å². The van der Waals surface area contributed by atoms with Gasteiger partial charge in [0.1, 0.15) is 0 Å². The number of piperazine rings is 1. The Hall–Kier alpha value is -2.27. The van der Waals surface area contributed by atoms with E-state index in [1.165, 1.54) is 9.87 Å². The lowest BCUT2D eigenvalue weighted by Gasteiger charge is -2.38. The molecule has 0 aliphatic carbocycles. The minimum Gasteiger partial charge on any atom is -0.340 e. The Morgan fingerprint density at radius 3 is 2.45 bits per heavy atom. The summed E-state index contributed by atoms with van der Waals surface area (Å²) in [7, 11) is -3.84. The molecule has 8 nitrogen and oxygen atoms in total. The molecule has 38 heavy (non-hydrogen) atoms. The van der Waals surface area contributed by atoms with E-state index < -0.39 is 10.0 Å². The number of carbonyl (C=O) groups is 2. The number of anilines is 1. The van der Waals surface area contributed by atoms with Gasteiger partial charge in [-0.25, -0.2) is 8.42 Å². The van der Waals surface area contributed by atoms with Gasteiger partial charge in [0.25, 0.3) is 0 Å². The van der Waals surface area contributed by atoms with Crippen molar-refractivity contribution in [3.8, 4) is 0 Å². The summed E-state index contributed by atoms with van der Waals surface area (Å²) in [5.41, 5.74) is 2.91. The van der Waals surface area contributed by atoms with E-state index in [0.29, 0.717) is 62.0 Å². The highest BCUT2D eigenvalue weighted by molar-refractivity contribution is 9.10. The molecule has 0 radical (unpaired) electrons. The number of benzene rings is 2. The van der Waals surface area contributed by atoms with Crippen LogP contribution in [0.4, 0.5) is 5.69 Å². The normalized spacial score (nSPS) is 20.9. The van der Waals surface area contributed by atoms with Crippen LogP contribution in [0.15, 0.2) is 51.8 Å². The largest absolute Gasteiger partial charge is 0.340 e. The standard InChI is InChI=1S/C28H35BrN4O4S/c1-2-27(34)33-12-10-22-17-24(29)26(18-25(22)33)38(36,37)32-11-6-9-23(20-32)28(35)31-15-13-30(14-16-31)19-21-7-4-3-5-8-21/h3-5,7-8,17-18,23H,2,6,9-16,19-20H2,1H3/t23-/m1/s1. The topological polar surface area (TPSA) is 81.2 Å². The number of carbonyl (C=O) groups excluding carboxylic acids is 2. The van der Waals surface area contributed by atoms with E-state index >= 15 is 0 Å². The molecule has 1 atom stereocenters. The fourth-order valence-electron chi connectivity index (χ4n) is 5.76. The van der Waals surface area contributed by atoms with E-state index in [-0.39, 0.29) is 29.2 Å². The minimum absolute atomic E-state index is 0.0121. The Bertz CT molecular complexity index is 1300. The van der Waals surface area contributed by atoms with Gasteiger partial charge in [-0.1, -0.05) is 37.3 Å². The third-order valence-electron chi connectivity index (χ3n) is 7.92.